The van der Waals surface area contributed by atoms with E-state index in [1.54, 1.807) is 22.8 Å². The summed E-state index contributed by atoms with van der Waals surface area (Å²) in [6, 6.07) is 7.27. The van der Waals surface area contributed by atoms with Crippen molar-refractivity contribution in [1.82, 2.24) is 4.57 Å². The van der Waals surface area contributed by atoms with Gasteiger partial charge in [-0.2, -0.15) is 0 Å². The summed E-state index contributed by atoms with van der Waals surface area (Å²) >= 11 is 0. The Bertz CT molecular complexity index is 1550. The minimum Gasteiger partial charge on any atom is -0.477 e. The number of aromatic nitrogens is 1. The highest BCUT2D eigenvalue weighted by atomic mass is 19.1. The second-order valence-electron chi connectivity index (χ2n) is 10.0. The summed E-state index contributed by atoms with van der Waals surface area (Å²) in [4.78, 5) is 41.3. The van der Waals surface area contributed by atoms with Crippen molar-refractivity contribution in [1.29, 1.82) is 0 Å². The maximum atomic E-state index is 15.3. The van der Waals surface area contributed by atoms with E-state index in [0.717, 1.165) is 18.9 Å². The molecule has 1 aromatic heterocycles. The van der Waals surface area contributed by atoms with Crippen molar-refractivity contribution in [2.75, 3.05) is 54.0 Å². The van der Waals surface area contributed by atoms with Crippen molar-refractivity contribution < 1.29 is 33.3 Å². The summed E-state index contributed by atoms with van der Waals surface area (Å²) in [6.07, 6.45) is 1.77. The van der Waals surface area contributed by atoms with Crippen molar-refractivity contribution in [2.24, 2.45) is 0 Å². The maximum absolute atomic E-state index is 15.3. The number of cyclic esters (lactones) is 1. The van der Waals surface area contributed by atoms with Crippen molar-refractivity contribution >= 4 is 40.0 Å². The number of carboxylic acids is 1. The molecule has 1 amide bonds. The van der Waals surface area contributed by atoms with Crippen LogP contribution in [0.3, 0.4) is 0 Å². The van der Waals surface area contributed by atoms with Crippen LogP contribution in [0, 0.1) is 11.6 Å². The highest BCUT2D eigenvalue weighted by molar-refractivity contribution is 5.94. The number of ether oxygens (including phenoxy) is 1. The molecule has 3 aliphatic rings. The van der Waals surface area contributed by atoms with Gasteiger partial charge in [-0.05, 0) is 43.2 Å². The number of amides is 1. The van der Waals surface area contributed by atoms with Crippen LogP contribution in [-0.2, 0) is 4.74 Å². The number of benzene rings is 2. The van der Waals surface area contributed by atoms with E-state index in [9.17, 15) is 24.6 Å². The fourth-order valence-corrected chi connectivity index (χ4v) is 5.34. The quantitative estimate of drug-likeness (QED) is 0.491. The number of hydrogen-bond acceptors (Lipinski definition) is 7. The lowest BCUT2D eigenvalue weighted by Crippen LogP contribution is -2.47. The number of fused-ring (bicyclic) bond motifs is 1. The van der Waals surface area contributed by atoms with Gasteiger partial charge < -0.3 is 29.3 Å². The van der Waals surface area contributed by atoms with E-state index in [1.807, 2.05) is 9.80 Å². The summed E-state index contributed by atoms with van der Waals surface area (Å²) in [6.45, 7) is 1.41. The summed E-state index contributed by atoms with van der Waals surface area (Å²) < 4.78 is 37.1. The normalized spacial score (nSPS) is 19.6. The van der Waals surface area contributed by atoms with E-state index in [-0.39, 0.29) is 30.1 Å². The van der Waals surface area contributed by atoms with Crippen molar-refractivity contribution in [3.63, 3.8) is 0 Å². The third-order valence-corrected chi connectivity index (χ3v) is 7.55. The minimum atomic E-state index is -1.34. The first-order chi connectivity index (χ1) is 18.7. The molecular weight excluding hydrogens is 514 g/mol. The Balaban J connectivity index is 1.22. The molecule has 1 aliphatic carbocycles. The van der Waals surface area contributed by atoms with Crippen molar-refractivity contribution in [3.8, 4) is 0 Å². The Kier molecular flexibility index (Phi) is 6.13. The lowest BCUT2D eigenvalue weighted by Gasteiger charge is -2.37. The van der Waals surface area contributed by atoms with Crippen LogP contribution in [0.4, 0.5) is 30.6 Å². The topological polar surface area (TPSA) is 116 Å². The van der Waals surface area contributed by atoms with E-state index in [2.05, 4.69) is 0 Å². The van der Waals surface area contributed by atoms with Gasteiger partial charge in [0.15, 0.2) is 0 Å². The number of carbonyl (C=O) groups is 2. The molecule has 12 heteroatoms. The summed E-state index contributed by atoms with van der Waals surface area (Å²) in [5.74, 6) is -2.47. The third kappa shape index (κ3) is 4.44. The lowest BCUT2D eigenvalue weighted by atomic mass is 10.1. The molecule has 2 N–H and O–H groups in total. The van der Waals surface area contributed by atoms with E-state index >= 15 is 8.78 Å². The number of carbonyl (C=O) groups excluding carboxylic acids is 1. The predicted molar refractivity (Wildman–Crippen MR) is 139 cm³/mol. The standard InChI is InChI=1S/C27H26F2N4O6/c28-20-9-16(33-12-17(14-34)39-27(33)38)3-4-22(20)30-5-7-31(8-6-30)24-11-23-18(10-21(24)29)25(35)19(26(36)37)13-32(23)15-1-2-15/h3-4,9-11,13,15,17,34H,1-2,5-8,12,14H2,(H,36,37)/t17-/m1/s1. The minimum absolute atomic E-state index is 0.0380. The van der Waals surface area contributed by atoms with E-state index in [0.29, 0.717) is 48.8 Å². The summed E-state index contributed by atoms with van der Waals surface area (Å²) in [5.41, 5.74) is 0.405. The molecule has 0 spiro atoms. The van der Waals surface area contributed by atoms with Gasteiger partial charge in [0.25, 0.3) is 0 Å². The first kappa shape index (κ1) is 25.1. The number of hydrogen-bond donors (Lipinski definition) is 2. The van der Waals surface area contributed by atoms with E-state index in [1.165, 1.54) is 17.2 Å². The second-order valence-corrected chi connectivity index (χ2v) is 10.0. The molecule has 1 atom stereocenters. The van der Waals surface area contributed by atoms with Gasteiger partial charge in [-0.25, -0.2) is 18.4 Å². The Morgan fingerprint density at radius 1 is 0.974 bits per heavy atom. The Hall–Kier alpha value is -4.19. The van der Waals surface area contributed by atoms with Crippen LogP contribution in [0.2, 0.25) is 0 Å². The average Bonchev–Trinajstić information content (AvgIpc) is 3.69. The Morgan fingerprint density at radius 2 is 1.64 bits per heavy atom. The van der Waals surface area contributed by atoms with Crippen LogP contribution in [0.25, 0.3) is 10.9 Å². The summed E-state index contributed by atoms with van der Waals surface area (Å²) in [5, 5.41) is 18.7. The molecule has 2 aromatic carbocycles. The van der Waals surface area contributed by atoms with Crippen LogP contribution in [0.1, 0.15) is 29.2 Å². The van der Waals surface area contributed by atoms with Gasteiger partial charge in [-0.3, -0.25) is 9.69 Å². The molecule has 6 rings (SSSR count). The fourth-order valence-electron chi connectivity index (χ4n) is 5.34. The number of halogens is 2. The van der Waals surface area contributed by atoms with Crippen LogP contribution in [0.15, 0.2) is 41.3 Å². The highest BCUT2D eigenvalue weighted by Gasteiger charge is 2.33. The number of aliphatic hydroxyl groups is 1. The molecule has 204 valence electrons. The first-order valence-corrected chi connectivity index (χ1v) is 12.7. The molecule has 0 radical (unpaired) electrons. The average molecular weight is 541 g/mol. The number of carboxylic acid groups (broad SMARTS) is 1. The van der Waals surface area contributed by atoms with Gasteiger partial charge >= 0.3 is 12.1 Å². The molecule has 0 unspecified atom stereocenters. The zero-order chi connectivity index (χ0) is 27.4. The van der Waals surface area contributed by atoms with Crippen LogP contribution in [0.5, 0.6) is 0 Å². The molecule has 10 nitrogen and oxygen atoms in total. The van der Waals surface area contributed by atoms with Gasteiger partial charge in [0.1, 0.15) is 23.3 Å². The van der Waals surface area contributed by atoms with Gasteiger partial charge in [0.2, 0.25) is 5.43 Å². The Morgan fingerprint density at radius 3 is 2.23 bits per heavy atom. The number of aliphatic hydroxyl groups excluding tert-OH is 1. The third-order valence-electron chi connectivity index (χ3n) is 7.55. The number of nitrogens with zero attached hydrogens (tertiary/aromatic N) is 4. The molecule has 2 saturated heterocycles. The molecule has 39 heavy (non-hydrogen) atoms. The Labute approximate surface area is 221 Å². The van der Waals surface area contributed by atoms with Crippen molar-refractivity contribution in [3.05, 3.63) is 63.9 Å². The van der Waals surface area contributed by atoms with Gasteiger partial charge in [-0.15, -0.1) is 0 Å². The SMILES string of the molecule is O=C(O)c1cn(C2CC2)c2cc(N3CCN(c4ccc(N5C[C@H](CO)OC5=O)cc4F)CC3)c(F)cc2c1=O. The zero-order valence-electron chi connectivity index (χ0n) is 20.8. The lowest BCUT2D eigenvalue weighted by molar-refractivity contribution is 0.0694. The molecule has 3 fully saturated rings. The molecule has 0 bridgehead atoms. The highest BCUT2D eigenvalue weighted by Crippen LogP contribution is 2.38. The van der Waals surface area contributed by atoms with Crippen LogP contribution >= 0.6 is 0 Å². The first-order valence-electron chi connectivity index (χ1n) is 12.7. The number of pyridine rings is 1. The van der Waals surface area contributed by atoms with Gasteiger partial charge in [-0.1, -0.05) is 0 Å². The molecule has 3 aromatic rings. The number of piperazine rings is 1. The van der Waals surface area contributed by atoms with Crippen LogP contribution < -0.4 is 20.1 Å². The summed E-state index contributed by atoms with van der Waals surface area (Å²) in [7, 11) is 0. The fraction of sp³-hybridized carbons (Fsp3) is 0.370. The molecule has 3 heterocycles. The molecular formula is C27H26F2N4O6. The second kappa shape index (κ2) is 9.53. The zero-order valence-corrected chi connectivity index (χ0v) is 20.8. The monoisotopic (exact) mass is 540 g/mol. The number of anilines is 3. The largest absolute Gasteiger partial charge is 0.477 e. The van der Waals surface area contributed by atoms with Crippen molar-refractivity contribution in [2.45, 2.75) is 25.0 Å². The van der Waals surface area contributed by atoms with Crippen LogP contribution in [-0.4, -0.2) is 72.3 Å². The smallest absolute Gasteiger partial charge is 0.414 e. The van der Waals surface area contributed by atoms with Gasteiger partial charge in [0, 0.05) is 43.8 Å². The molecule has 1 saturated carbocycles. The van der Waals surface area contributed by atoms with Gasteiger partial charge in [0.05, 0.1) is 35.7 Å². The number of aromatic carboxylic acids is 1. The predicted octanol–water partition coefficient (Wildman–Crippen LogP) is 2.96. The van der Waals surface area contributed by atoms with E-state index in [4.69, 9.17) is 4.74 Å². The number of rotatable bonds is 6. The van der Waals surface area contributed by atoms with E-state index < -0.39 is 35.2 Å². The maximum Gasteiger partial charge on any atom is 0.414 e. The molecule has 2 aliphatic heterocycles.